The average Bonchev–Trinajstić information content (AvgIpc) is 2.14. The van der Waals surface area contributed by atoms with E-state index in [1.54, 1.807) is 11.8 Å². The number of hydrogen-bond acceptors (Lipinski definition) is 1. The Morgan fingerprint density at radius 2 is 2.00 bits per heavy atom. The molecular weight excluding hydrogens is 164 g/mol. The van der Waals surface area contributed by atoms with Crippen molar-refractivity contribution in [3.05, 3.63) is 41.8 Å². The minimum absolute atomic E-state index is 1.18. The van der Waals surface area contributed by atoms with Crippen molar-refractivity contribution in [3.8, 4) is 0 Å². The van der Waals surface area contributed by atoms with Crippen molar-refractivity contribution >= 4 is 11.8 Å². The van der Waals surface area contributed by atoms with Crippen LogP contribution in [0.1, 0.15) is 19.8 Å². The lowest BCUT2D eigenvalue weighted by molar-refractivity contribution is 0.960. The first-order valence-corrected chi connectivity index (χ1v) is 5.18. The summed E-state index contributed by atoms with van der Waals surface area (Å²) in [6.45, 7) is 2.19. The smallest absolute Gasteiger partial charge is 0.0116 e. The highest BCUT2D eigenvalue weighted by atomic mass is 32.2. The standard InChI is InChI=1S/C11H14S/c1-2-3-7-10-12-11-8-5-4-6-9-11/h4-10H,2-3H2,1H3/b10-7+. The van der Waals surface area contributed by atoms with E-state index in [2.05, 4.69) is 42.7 Å². The van der Waals surface area contributed by atoms with Gasteiger partial charge in [0.2, 0.25) is 0 Å². The van der Waals surface area contributed by atoms with Crippen molar-refractivity contribution in [1.82, 2.24) is 0 Å². The first-order chi connectivity index (χ1) is 5.93. The molecule has 0 aromatic heterocycles. The second kappa shape index (κ2) is 5.90. The van der Waals surface area contributed by atoms with Gasteiger partial charge in [0.15, 0.2) is 0 Å². The van der Waals surface area contributed by atoms with Crippen LogP contribution in [0.2, 0.25) is 0 Å². The van der Waals surface area contributed by atoms with Crippen molar-refractivity contribution in [3.63, 3.8) is 0 Å². The van der Waals surface area contributed by atoms with E-state index in [9.17, 15) is 0 Å². The Balaban J connectivity index is 2.33. The zero-order valence-electron chi connectivity index (χ0n) is 7.36. The van der Waals surface area contributed by atoms with E-state index in [1.165, 1.54) is 17.7 Å². The van der Waals surface area contributed by atoms with Crippen LogP contribution >= 0.6 is 11.8 Å². The molecule has 0 radical (unpaired) electrons. The van der Waals surface area contributed by atoms with Gasteiger partial charge in [-0.3, -0.25) is 0 Å². The fourth-order valence-electron chi connectivity index (χ4n) is 0.860. The van der Waals surface area contributed by atoms with Crippen LogP contribution in [-0.2, 0) is 0 Å². The number of benzene rings is 1. The van der Waals surface area contributed by atoms with Crippen LogP contribution in [0.25, 0.3) is 0 Å². The van der Waals surface area contributed by atoms with Crippen molar-refractivity contribution in [2.45, 2.75) is 24.7 Å². The minimum atomic E-state index is 1.18. The van der Waals surface area contributed by atoms with Crippen molar-refractivity contribution in [2.24, 2.45) is 0 Å². The fraction of sp³-hybridized carbons (Fsp3) is 0.273. The third-order valence-electron chi connectivity index (χ3n) is 1.50. The van der Waals surface area contributed by atoms with Gasteiger partial charge in [0.05, 0.1) is 0 Å². The Labute approximate surface area is 78.7 Å². The fourth-order valence-corrected chi connectivity index (χ4v) is 1.56. The van der Waals surface area contributed by atoms with Crippen LogP contribution in [0.15, 0.2) is 46.7 Å². The van der Waals surface area contributed by atoms with Crippen molar-refractivity contribution < 1.29 is 0 Å². The lowest BCUT2D eigenvalue weighted by Crippen LogP contribution is -1.64. The summed E-state index contributed by atoms with van der Waals surface area (Å²) in [6.07, 6.45) is 4.63. The summed E-state index contributed by atoms with van der Waals surface area (Å²) in [6, 6.07) is 10.4. The molecular formula is C11H14S. The lowest BCUT2D eigenvalue weighted by atomic mass is 10.3. The highest BCUT2D eigenvalue weighted by molar-refractivity contribution is 8.02. The maximum Gasteiger partial charge on any atom is 0.0116 e. The molecule has 0 saturated heterocycles. The van der Waals surface area contributed by atoms with E-state index in [1.807, 2.05) is 6.07 Å². The van der Waals surface area contributed by atoms with E-state index >= 15 is 0 Å². The second-order valence-corrected chi connectivity index (χ2v) is 3.57. The summed E-state index contributed by atoms with van der Waals surface area (Å²) < 4.78 is 0. The molecule has 64 valence electrons. The van der Waals surface area contributed by atoms with Crippen LogP contribution in [0.5, 0.6) is 0 Å². The number of allylic oxidation sites excluding steroid dienone is 1. The quantitative estimate of drug-likeness (QED) is 0.626. The van der Waals surface area contributed by atoms with Gasteiger partial charge in [0, 0.05) is 4.90 Å². The Hall–Kier alpha value is -0.690. The number of unbranched alkanes of at least 4 members (excludes halogenated alkanes) is 1. The molecule has 12 heavy (non-hydrogen) atoms. The predicted molar refractivity (Wildman–Crippen MR) is 56.3 cm³/mol. The Morgan fingerprint density at radius 1 is 1.25 bits per heavy atom. The lowest BCUT2D eigenvalue weighted by Gasteiger charge is -1.92. The first-order valence-electron chi connectivity index (χ1n) is 4.30. The molecule has 0 aliphatic carbocycles. The summed E-state index contributed by atoms with van der Waals surface area (Å²) >= 11 is 1.78. The summed E-state index contributed by atoms with van der Waals surface area (Å²) in [5, 5.41) is 2.17. The maximum atomic E-state index is 2.22. The van der Waals surface area contributed by atoms with E-state index in [4.69, 9.17) is 0 Å². The molecule has 0 aliphatic heterocycles. The molecule has 0 heterocycles. The molecule has 0 spiro atoms. The Kier molecular flexibility index (Phi) is 4.62. The van der Waals surface area contributed by atoms with Gasteiger partial charge in [-0.15, -0.1) is 0 Å². The van der Waals surface area contributed by atoms with Crippen LogP contribution in [0.4, 0.5) is 0 Å². The zero-order valence-corrected chi connectivity index (χ0v) is 8.18. The van der Waals surface area contributed by atoms with E-state index < -0.39 is 0 Å². The van der Waals surface area contributed by atoms with Gasteiger partial charge >= 0.3 is 0 Å². The predicted octanol–water partition coefficient (Wildman–Crippen LogP) is 4.09. The molecule has 0 fully saturated rings. The molecule has 1 heteroatoms. The van der Waals surface area contributed by atoms with E-state index in [-0.39, 0.29) is 0 Å². The average molecular weight is 178 g/mol. The molecule has 0 N–H and O–H groups in total. The van der Waals surface area contributed by atoms with E-state index in [0.717, 1.165) is 0 Å². The highest BCUT2D eigenvalue weighted by Gasteiger charge is 1.84. The van der Waals surface area contributed by atoms with Gasteiger partial charge in [-0.25, -0.2) is 0 Å². The molecule has 0 bridgehead atoms. The van der Waals surface area contributed by atoms with Crippen molar-refractivity contribution in [2.75, 3.05) is 0 Å². The van der Waals surface area contributed by atoms with Gasteiger partial charge in [-0.2, -0.15) is 0 Å². The number of rotatable bonds is 4. The second-order valence-electron chi connectivity index (χ2n) is 2.59. The van der Waals surface area contributed by atoms with Crippen molar-refractivity contribution in [1.29, 1.82) is 0 Å². The van der Waals surface area contributed by atoms with Gasteiger partial charge < -0.3 is 0 Å². The Bertz CT molecular complexity index is 226. The molecule has 1 rings (SSSR count). The summed E-state index contributed by atoms with van der Waals surface area (Å²) in [4.78, 5) is 1.31. The van der Waals surface area contributed by atoms with Crippen LogP contribution in [-0.4, -0.2) is 0 Å². The van der Waals surface area contributed by atoms with Gasteiger partial charge in [-0.1, -0.05) is 49.4 Å². The number of thioether (sulfide) groups is 1. The molecule has 1 aromatic rings. The monoisotopic (exact) mass is 178 g/mol. The summed E-state index contributed by atoms with van der Waals surface area (Å²) in [7, 11) is 0. The zero-order chi connectivity index (χ0) is 8.65. The summed E-state index contributed by atoms with van der Waals surface area (Å²) in [5.41, 5.74) is 0. The van der Waals surface area contributed by atoms with Crippen LogP contribution in [0.3, 0.4) is 0 Å². The van der Waals surface area contributed by atoms with Crippen LogP contribution < -0.4 is 0 Å². The third-order valence-corrected chi connectivity index (χ3v) is 2.37. The highest BCUT2D eigenvalue weighted by Crippen LogP contribution is 2.18. The third kappa shape index (κ3) is 3.63. The van der Waals surface area contributed by atoms with Crippen LogP contribution in [0, 0.1) is 0 Å². The minimum Gasteiger partial charge on any atom is -0.0984 e. The molecule has 1 aromatic carbocycles. The molecule has 0 aliphatic rings. The molecule has 0 atom stereocenters. The molecule has 0 saturated carbocycles. The van der Waals surface area contributed by atoms with Gasteiger partial charge in [0.25, 0.3) is 0 Å². The molecule has 0 unspecified atom stereocenters. The largest absolute Gasteiger partial charge is 0.0984 e. The van der Waals surface area contributed by atoms with Gasteiger partial charge in [-0.05, 0) is 24.0 Å². The molecule has 0 nitrogen and oxygen atoms in total. The summed E-state index contributed by atoms with van der Waals surface area (Å²) in [5.74, 6) is 0. The Morgan fingerprint density at radius 3 is 2.67 bits per heavy atom. The normalized spacial score (nSPS) is 10.8. The van der Waals surface area contributed by atoms with Gasteiger partial charge in [0.1, 0.15) is 0 Å². The topological polar surface area (TPSA) is 0 Å². The molecule has 0 amide bonds. The number of hydrogen-bond donors (Lipinski definition) is 0. The maximum absolute atomic E-state index is 2.22. The van der Waals surface area contributed by atoms with E-state index in [0.29, 0.717) is 0 Å². The first kappa shape index (κ1) is 9.40. The SMILES string of the molecule is CCC/C=C/Sc1ccccc1.